The molecule has 6 heteroatoms. The van der Waals surface area contributed by atoms with Crippen molar-refractivity contribution in [3.8, 4) is 0 Å². The summed E-state index contributed by atoms with van der Waals surface area (Å²) in [4.78, 5) is 20.3. The molecule has 0 aromatic heterocycles. The SMILES string of the molecule is CC(C)(CCC(C)(C)[N+](=O)[O-])[N+](=O)[O-]. The number of nitro groups is 2. The molecule has 0 bridgehead atoms. The number of rotatable bonds is 5. The fraction of sp³-hybridized carbons (Fsp3) is 1.00. The van der Waals surface area contributed by atoms with Gasteiger partial charge in [0, 0.05) is 50.4 Å². The average molecular weight is 204 g/mol. The van der Waals surface area contributed by atoms with E-state index in [0.717, 1.165) is 0 Å². The lowest BCUT2D eigenvalue weighted by Gasteiger charge is -2.20. The molecule has 0 saturated carbocycles. The van der Waals surface area contributed by atoms with Crippen LogP contribution in [0.4, 0.5) is 0 Å². The fourth-order valence-corrected chi connectivity index (χ4v) is 0.794. The Bertz CT molecular complexity index is 222. The minimum absolute atomic E-state index is 0.202. The maximum Gasteiger partial charge on any atom is 0.217 e. The van der Waals surface area contributed by atoms with Gasteiger partial charge in [0.05, 0.1) is 0 Å². The van der Waals surface area contributed by atoms with Crippen LogP contribution in [0.1, 0.15) is 40.5 Å². The monoisotopic (exact) mass is 204 g/mol. The van der Waals surface area contributed by atoms with E-state index < -0.39 is 20.9 Å². The van der Waals surface area contributed by atoms with Gasteiger partial charge in [-0.3, -0.25) is 20.2 Å². The lowest BCUT2D eigenvalue weighted by molar-refractivity contribution is -0.578. The third-order valence-corrected chi connectivity index (χ3v) is 2.34. The molecular formula is C8H16N2O4. The summed E-state index contributed by atoms with van der Waals surface area (Å²) >= 11 is 0. The van der Waals surface area contributed by atoms with Crippen LogP contribution in [0.3, 0.4) is 0 Å². The van der Waals surface area contributed by atoms with E-state index in [-0.39, 0.29) is 12.8 Å². The van der Waals surface area contributed by atoms with Crippen LogP contribution in [-0.4, -0.2) is 20.9 Å². The molecule has 14 heavy (non-hydrogen) atoms. The molecule has 0 aliphatic carbocycles. The Morgan fingerprint density at radius 1 is 0.857 bits per heavy atom. The van der Waals surface area contributed by atoms with Gasteiger partial charge in [-0.2, -0.15) is 0 Å². The number of hydrogen-bond acceptors (Lipinski definition) is 4. The van der Waals surface area contributed by atoms with Gasteiger partial charge in [0.2, 0.25) is 11.1 Å². The first kappa shape index (κ1) is 12.8. The Labute approximate surface area is 82.6 Å². The predicted molar refractivity (Wildman–Crippen MR) is 51.4 cm³/mol. The van der Waals surface area contributed by atoms with Crippen molar-refractivity contribution >= 4 is 0 Å². The quantitative estimate of drug-likeness (QED) is 0.505. The fourth-order valence-electron chi connectivity index (χ4n) is 0.794. The first-order valence-corrected chi connectivity index (χ1v) is 4.38. The van der Waals surface area contributed by atoms with Crippen molar-refractivity contribution < 1.29 is 9.85 Å². The largest absolute Gasteiger partial charge is 0.264 e. The van der Waals surface area contributed by atoms with Crippen LogP contribution in [0.25, 0.3) is 0 Å². The average Bonchev–Trinajstić information content (AvgIpc) is 2.01. The zero-order valence-corrected chi connectivity index (χ0v) is 8.94. The molecule has 0 atom stereocenters. The summed E-state index contributed by atoms with van der Waals surface area (Å²) in [7, 11) is 0. The van der Waals surface area contributed by atoms with Crippen molar-refractivity contribution in [3.63, 3.8) is 0 Å². The Morgan fingerprint density at radius 2 is 1.07 bits per heavy atom. The minimum atomic E-state index is -1.09. The molecule has 0 spiro atoms. The maximum absolute atomic E-state index is 10.5. The number of nitrogens with zero attached hydrogens (tertiary/aromatic N) is 2. The second-order valence-corrected chi connectivity index (χ2v) is 4.64. The summed E-state index contributed by atoms with van der Waals surface area (Å²) in [6, 6.07) is 0. The lowest BCUT2D eigenvalue weighted by Crippen LogP contribution is -2.37. The van der Waals surface area contributed by atoms with Crippen LogP contribution in [0.15, 0.2) is 0 Å². The van der Waals surface area contributed by atoms with E-state index in [1.165, 1.54) is 27.7 Å². The van der Waals surface area contributed by atoms with Gasteiger partial charge in [-0.25, -0.2) is 0 Å². The Hall–Kier alpha value is -1.20. The molecule has 0 aliphatic heterocycles. The van der Waals surface area contributed by atoms with Crippen LogP contribution in [-0.2, 0) is 0 Å². The summed E-state index contributed by atoms with van der Waals surface area (Å²) in [5.41, 5.74) is -2.18. The summed E-state index contributed by atoms with van der Waals surface area (Å²) in [6.45, 7) is 5.90. The third kappa shape index (κ3) is 3.27. The highest BCUT2D eigenvalue weighted by molar-refractivity contribution is 4.74. The molecule has 0 aromatic rings. The predicted octanol–water partition coefficient (Wildman–Crippen LogP) is 1.88. The zero-order valence-electron chi connectivity index (χ0n) is 8.94. The summed E-state index contributed by atoms with van der Waals surface area (Å²) < 4.78 is 0. The van der Waals surface area contributed by atoms with E-state index in [4.69, 9.17) is 0 Å². The molecule has 0 rings (SSSR count). The highest BCUT2D eigenvalue weighted by Crippen LogP contribution is 2.23. The van der Waals surface area contributed by atoms with E-state index in [1.807, 2.05) is 0 Å². The standard InChI is InChI=1S/C8H16N2O4/c1-7(2,9(11)12)5-6-8(3,4)10(13)14/h5-6H2,1-4H3. The van der Waals surface area contributed by atoms with Crippen LogP contribution >= 0.6 is 0 Å². The summed E-state index contributed by atoms with van der Waals surface area (Å²) in [6.07, 6.45) is 0.405. The molecule has 0 aromatic carbocycles. The molecule has 0 amide bonds. The molecule has 82 valence electrons. The van der Waals surface area contributed by atoms with E-state index in [1.54, 1.807) is 0 Å². The third-order valence-electron chi connectivity index (χ3n) is 2.34. The smallest absolute Gasteiger partial charge is 0.217 e. The molecule has 0 unspecified atom stereocenters. The lowest BCUT2D eigenvalue weighted by atomic mass is 9.90. The molecule has 0 N–H and O–H groups in total. The second kappa shape index (κ2) is 3.89. The molecule has 0 aliphatic rings. The molecule has 6 nitrogen and oxygen atoms in total. The molecule has 0 heterocycles. The van der Waals surface area contributed by atoms with Crippen molar-refractivity contribution in [2.75, 3.05) is 0 Å². The van der Waals surface area contributed by atoms with Gasteiger partial charge in [-0.1, -0.05) is 0 Å². The molecule has 0 radical (unpaired) electrons. The van der Waals surface area contributed by atoms with E-state index in [0.29, 0.717) is 0 Å². The van der Waals surface area contributed by atoms with Crippen molar-refractivity contribution in [3.05, 3.63) is 20.2 Å². The first-order chi connectivity index (χ1) is 6.09. The topological polar surface area (TPSA) is 86.3 Å². The van der Waals surface area contributed by atoms with Crippen molar-refractivity contribution in [2.24, 2.45) is 0 Å². The maximum atomic E-state index is 10.5. The summed E-state index contributed by atoms with van der Waals surface area (Å²) in [5.74, 6) is 0. The Kier molecular flexibility index (Phi) is 3.56. The summed E-state index contributed by atoms with van der Waals surface area (Å²) in [5, 5.41) is 21.1. The Balaban J connectivity index is 4.32. The van der Waals surface area contributed by atoms with Crippen LogP contribution < -0.4 is 0 Å². The van der Waals surface area contributed by atoms with Gasteiger partial charge in [-0.15, -0.1) is 0 Å². The molecular weight excluding hydrogens is 188 g/mol. The van der Waals surface area contributed by atoms with E-state index in [2.05, 4.69) is 0 Å². The van der Waals surface area contributed by atoms with Gasteiger partial charge in [-0.05, 0) is 0 Å². The van der Waals surface area contributed by atoms with Crippen molar-refractivity contribution in [1.29, 1.82) is 0 Å². The molecule has 0 fully saturated rings. The van der Waals surface area contributed by atoms with Gasteiger partial charge in [0.1, 0.15) is 0 Å². The van der Waals surface area contributed by atoms with Gasteiger partial charge >= 0.3 is 0 Å². The van der Waals surface area contributed by atoms with Crippen molar-refractivity contribution in [2.45, 2.75) is 51.6 Å². The van der Waals surface area contributed by atoms with Gasteiger partial charge in [0.15, 0.2) is 0 Å². The van der Waals surface area contributed by atoms with Crippen LogP contribution in [0.2, 0.25) is 0 Å². The van der Waals surface area contributed by atoms with Crippen molar-refractivity contribution in [1.82, 2.24) is 0 Å². The molecule has 0 saturated heterocycles. The first-order valence-electron chi connectivity index (χ1n) is 4.38. The zero-order chi connectivity index (χ0) is 11.6. The number of hydrogen-bond donors (Lipinski definition) is 0. The highest BCUT2D eigenvalue weighted by Gasteiger charge is 2.38. The Morgan fingerprint density at radius 3 is 1.21 bits per heavy atom. The van der Waals surface area contributed by atoms with E-state index >= 15 is 0 Å². The van der Waals surface area contributed by atoms with Crippen LogP contribution in [0.5, 0.6) is 0 Å². The highest BCUT2D eigenvalue weighted by atomic mass is 16.6. The minimum Gasteiger partial charge on any atom is -0.264 e. The van der Waals surface area contributed by atoms with Gasteiger partial charge in [0.25, 0.3) is 0 Å². The van der Waals surface area contributed by atoms with Gasteiger partial charge < -0.3 is 0 Å². The normalized spacial score (nSPS) is 12.6. The van der Waals surface area contributed by atoms with E-state index in [9.17, 15) is 20.2 Å². The second-order valence-electron chi connectivity index (χ2n) is 4.64. The van der Waals surface area contributed by atoms with Crippen LogP contribution in [0, 0.1) is 20.2 Å².